The number of furan rings is 1. The highest BCUT2D eigenvalue weighted by Crippen LogP contribution is 2.29. The lowest BCUT2D eigenvalue weighted by molar-refractivity contribution is 0.0659. The summed E-state index contributed by atoms with van der Waals surface area (Å²) in [6, 6.07) is 6.55. The molecule has 0 fully saturated rings. The number of amides is 1. The number of carboxylic acids is 1. The molecular weight excluding hydrogens is 332 g/mol. The van der Waals surface area contributed by atoms with Gasteiger partial charge in [-0.05, 0) is 38.0 Å². The number of hydrazone groups is 1. The summed E-state index contributed by atoms with van der Waals surface area (Å²) in [7, 11) is 0. The summed E-state index contributed by atoms with van der Waals surface area (Å²) < 4.78 is 5.43. The van der Waals surface area contributed by atoms with Crippen LogP contribution in [-0.4, -0.2) is 22.7 Å². The van der Waals surface area contributed by atoms with Crippen LogP contribution in [-0.2, 0) is 6.42 Å². The zero-order valence-corrected chi connectivity index (χ0v) is 13.7. The van der Waals surface area contributed by atoms with Crippen molar-refractivity contribution in [1.82, 2.24) is 5.43 Å². The normalized spacial score (nSPS) is 15.2. The quantitative estimate of drug-likeness (QED) is 0.833. The third kappa shape index (κ3) is 3.05. The minimum atomic E-state index is -1.11. The topological polar surface area (TPSA) is 91.9 Å². The van der Waals surface area contributed by atoms with Gasteiger partial charge in [0.05, 0.1) is 5.71 Å². The number of carbonyl (C=O) groups excluding carboxylic acids is 1. The van der Waals surface area contributed by atoms with E-state index in [1.165, 1.54) is 0 Å². The van der Waals surface area contributed by atoms with Crippen LogP contribution in [0.1, 0.15) is 50.6 Å². The second kappa shape index (κ2) is 6.49. The van der Waals surface area contributed by atoms with Crippen molar-refractivity contribution in [2.75, 3.05) is 0 Å². The van der Waals surface area contributed by atoms with E-state index in [-0.39, 0.29) is 11.7 Å². The Bertz CT molecular complexity index is 854. The molecule has 7 heteroatoms. The van der Waals surface area contributed by atoms with Crippen molar-refractivity contribution in [2.45, 2.75) is 26.2 Å². The number of benzene rings is 1. The lowest BCUT2D eigenvalue weighted by Crippen LogP contribution is -2.22. The van der Waals surface area contributed by atoms with Crippen molar-refractivity contribution in [3.05, 3.63) is 57.5 Å². The Morgan fingerprint density at radius 1 is 1.33 bits per heavy atom. The summed E-state index contributed by atoms with van der Waals surface area (Å²) >= 11 is 5.87. The fourth-order valence-corrected chi connectivity index (χ4v) is 2.99. The molecule has 0 bridgehead atoms. The van der Waals surface area contributed by atoms with Crippen LogP contribution < -0.4 is 5.43 Å². The van der Waals surface area contributed by atoms with Crippen molar-refractivity contribution in [2.24, 2.45) is 5.10 Å². The molecule has 3 rings (SSSR count). The number of fused-ring (bicyclic) bond motifs is 1. The molecule has 1 aliphatic rings. The Labute approximate surface area is 143 Å². The standard InChI is InChI=1S/C17H15ClN2O4/c1-9-14-12(6-3-7-13(14)24-15(9)17(22)23)19-20-16(21)10-4-2-5-11(18)8-10/h2,4-5,8H,3,6-7H2,1H3,(H,20,21)(H,22,23)/b19-12+. The van der Waals surface area contributed by atoms with Crippen LogP contribution in [0.5, 0.6) is 0 Å². The molecule has 1 aromatic carbocycles. The molecule has 124 valence electrons. The van der Waals surface area contributed by atoms with Gasteiger partial charge in [0.15, 0.2) is 0 Å². The minimum absolute atomic E-state index is 0.0734. The Morgan fingerprint density at radius 3 is 2.83 bits per heavy atom. The summed E-state index contributed by atoms with van der Waals surface area (Å²) in [6.45, 7) is 1.69. The number of hydrogen-bond donors (Lipinski definition) is 2. The van der Waals surface area contributed by atoms with Crippen LogP contribution >= 0.6 is 11.6 Å². The number of nitrogens with zero attached hydrogens (tertiary/aromatic N) is 1. The molecule has 1 aromatic heterocycles. The lowest BCUT2D eigenvalue weighted by atomic mass is 9.93. The van der Waals surface area contributed by atoms with Crippen molar-refractivity contribution in [1.29, 1.82) is 0 Å². The van der Waals surface area contributed by atoms with Gasteiger partial charge in [-0.1, -0.05) is 17.7 Å². The number of carboxylic acid groups (broad SMARTS) is 1. The maximum absolute atomic E-state index is 12.2. The van der Waals surface area contributed by atoms with E-state index < -0.39 is 5.97 Å². The number of rotatable bonds is 3. The average molecular weight is 347 g/mol. The molecule has 0 radical (unpaired) electrons. The van der Waals surface area contributed by atoms with E-state index >= 15 is 0 Å². The molecule has 0 atom stereocenters. The largest absolute Gasteiger partial charge is 0.475 e. The molecule has 0 saturated carbocycles. The molecule has 0 spiro atoms. The predicted molar refractivity (Wildman–Crippen MR) is 88.8 cm³/mol. The van der Waals surface area contributed by atoms with Gasteiger partial charge in [-0.15, -0.1) is 0 Å². The average Bonchev–Trinajstić information content (AvgIpc) is 2.90. The van der Waals surface area contributed by atoms with Crippen LogP contribution in [0.4, 0.5) is 0 Å². The van der Waals surface area contributed by atoms with Crippen molar-refractivity contribution in [3.63, 3.8) is 0 Å². The molecular formula is C17H15ClN2O4. The molecule has 0 aliphatic heterocycles. The van der Waals surface area contributed by atoms with Crippen LogP contribution in [0.3, 0.4) is 0 Å². The van der Waals surface area contributed by atoms with E-state index in [9.17, 15) is 14.7 Å². The van der Waals surface area contributed by atoms with Gasteiger partial charge in [0.25, 0.3) is 5.91 Å². The maximum Gasteiger partial charge on any atom is 0.372 e. The summed E-state index contributed by atoms with van der Waals surface area (Å²) in [5.74, 6) is -0.955. The van der Waals surface area contributed by atoms with Gasteiger partial charge in [-0.3, -0.25) is 4.79 Å². The summed E-state index contributed by atoms with van der Waals surface area (Å²) in [6.07, 6.45) is 2.08. The summed E-state index contributed by atoms with van der Waals surface area (Å²) in [4.78, 5) is 23.4. The van der Waals surface area contributed by atoms with Gasteiger partial charge in [0, 0.05) is 28.1 Å². The molecule has 2 aromatic rings. The molecule has 0 saturated heterocycles. The Morgan fingerprint density at radius 2 is 2.12 bits per heavy atom. The highest BCUT2D eigenvalue weighted by atomic mass is 35.5. The van der Waals surface area contributed by atoms with E-state index in [1.54, 1.807) is 31.2 Å². The third-order valence-electron chi connectivity index (χ3n) is 3.90. The zero-order valence-electron chi connectivity index (χ0n) is 12.9. The van der Waals surface area contributed by atoms with Gasteiger partial charge in [-0.2, -0.15) is 5.10 Å². The molecule has 1 heterocycles. The van der Waals surface area contributed by atoms with Crippen LogP contribution in [0.15, 0.2) is 33.8 Å². The number of aryl methyl sites for hydroxylation is 1. The molecule has 1 amide bonds. The number of carbonyl (C=O) groups is 2. The highest BCUT2D eigenvalue weighted by molar-refractivity contribution is 6.31. The zero-order chi connectivity index (χ0) is 17.3. The van der Waals surface area contributed by atoms with E-state index in [1.807, 2.05) is 0 Å². The SMILES string of the molecule is Cc1c(C(=O)O)oc2c1/C(=N/NC(=O)c1cccc(Cl)c1)CCC2. The first kappa shape index (κ1) is 16.3. The fraction of sp³-hybridized carbons (Fsp3) is 0.235. The lowest BCUT2D eigenvalue weighted by Gasteiger charge is -2.13. The van der Waals surface area contributed by atoms with Crippen molar-refractivity contribution in [3.8, 4) is 0 Å². The van der Waals surface area contributed by atoms with Crippen molar-refractivity contribution < 1.29 is 19.1 Å². The molecule has 1 aliphatic carbocycles. The maximum atomic E-state index is 12.2. The molecule has 24 heavy (non-hydrogen) atoms. The second-order valence-electron chi connectivity index (χ2n) is 5.52. The minimum Gasteiger partial charge on any atom is -0.475 e. The van der Waals surface area contributed by atoms with Crippen LogP contribution in [0, 0.1) is 6.92 Å². The molecule has 6 nitrogen and oxygen atoms in total. The molecule has 2 N–H and O–H groups in total. The van der Waals surface area contributed by atoms with Gasteiger partial charge in [-0.25, -0.2) is 10.2 Å². The third-order valence-corrected chi connectivity index (χ3v) is 4.13. The fourth-order valence-electron chi connectivity index (χ4n) is 2.80. The smallest absolute Gasteiger partial charge is 0.372 e. The summed E-state index contributed by atoms with van der Waals surface area (Å²) in [5.41, 5.74) is 4.75. The van der Waals surface area contributed by atoms with Gasteiger partial charge in [0.1, 0.15) is 5.76 Å². The van der Waals surface area contributed by atoms with Gasteiger partial charge in [0.2, 0.25) is 5.76 Å². The Kier molecular flexibility index (Phi) is 4.40. The number of halogens is 1. The second-order valence-corrected chi connectivity index (χ2v) is 5.96. The first-order valence-electron chi connectivity index (χ1n) is 7.45. The number of hydrogen-bond acceptors (Lipinski definition) is 4. The first-order chi connectivity index (χ1) is 11.5. The number of aromatic carboxylic acids is 1. The Balaban J connectivity index is 1.88. The van der Waals surface area contributed by atoms with Gasteiger partial charge >= 0.3 is 5.97 Å². The van der Waals surface area contributed by atoms with E-state index in [2.05, 4.69) is 10.5 Å². The Hall–Kier alpha value is -2.60. The predicted octanol–water partition coefficient (Wildman–Crippen LogP) is 3.41. The van der Waals surface area contributed by atoms with Crippen LogP contribution in [0.25, 0.3) is 0 Å². The number of nitrogens with one attached hydrogen (secondary N) is 1. The van der Waals surface area contributed by atoms with Gasteiger partial charge < -0.3 is 9.52 Å². The monoisotopic (exact) mass is 346 g/mol. The van der Waals surface area contributed by atoms with E-state index in [4.69, 9.17) is 16.0 Å². The van der Waals surface area contributed by atoms with Crippen LogP contribution in [0.2, 0.25) is 5.02 Å². The highest BCUT2D eigenvalue weighted by Gasteiger charge is 2.27. The van der Waals surface area contributed by atoms with Crippen molar-refractivity contribution >= 4 is 29.2 Å². The summed E-state index contributed by atoms with van der Waals surface area (Å²) in [5, 5.41) is 13.8. The molecule has 0 unspecified atom stereocenters. The first-order valence-corrected chi connectivity index (χ1v) is 7.83. The van der Waals surface area contributed by atoms with E-state index in [0.717, 1.165) is 6.42 Å². The van der Waals surface area contributed by atoms with E-state index in [0.29, 0.717) is 46.0 Å².